The first-order chi connectivity index (χ1) is 15.0. The third kappa shape index (κ3) is 4.32. The van der Waals surface area contributed by atoms with Gasteiger partial charge in [-0.2, -0.15) is 0 Å². The Morgan fingerprint density at radius 1 is 1.00 bits per heavy atom. The Morgan fingerprint density at radius 3 is 2.26 bits per heavy atom. The molecular formula is C27H34ClNO2. The van der Waals surface area contributed by atoms with E-state index in [0.29, 0.717) is 34.6 Å². The zero-order chi connectivity index (χ0) is 21.4. The lowest BCUT2D eigenvalue weighted by molar-refractivity contribution is -0.0706. The molecule has 0 unspecified atom stereocenters. The zero-order valence-electron chi connectivity index (χ0n) is 18.7. The van der Waals surface area contributed by atoms with Gasteiger partial charge in [-0.15, -0.1) is 0 Å². The Balaban J connectivity index is 1.25. The third-order valence-electron chi connectivity index (χ3n) is 8.13. The highest BCUT2D eigenvalue weighted by Gasteiger charge is 2.52. The molecule has 4 bridgehead atoms. The Bertz CT molecular complexity index is 878. The summed E-state index contributed by atoms with van der Waals surface area (Å²) in [5, 5.41) is 4.46. The van der Waals surface area contributed by atoms with Gasteiger partial charge in [0.25, 0.3) is 0 Å². The summed E-state index contributed by atoms with van der Waals surface area (Å²) in [6.07, 6.45) is 8.73. The molecule has 4 aliphatic rings. The molecule has 4 saturated carbocycles. The highest BCUT2D eigenvalue weighted by Crippen LogP contribution is 2.61. The molecule has 6 rings (SSSR count). The van der Waals surface area contributed by atoms with Crippen LogP contribution in [0.5, 0.6) is 11.5 Å². The summed E-state index contributed by atoms with van der Waals surface area (Å²) < 4.78 is 11.6. The molecule has 0 aliphatic heterocycles. The van der Waals surface area contributed by atoms with Crippen molar-refractivity contribution in [2.45, 2.75) is 64.6 Å². The highest BCUT2D eigenvalue weighted by molar-refractivity contribution is 6.32. The standard InChI is InChI=1S/C27H34ClNO2/c1-18(27-13-20-8-21(14-27)10-22(9-20)15-27)29-16-23-11-24(28)26(25(12-23)30-2)31-17-19-6-4-3-5-7-19/h3-7,11-12,18,20-22,29H,8-10,13-17H2,1-2H3/t18-,20?,21?,22?,27?/m1/s1. The van der Waals surface area contributed by atoms with E-state index in [1.165, 1.54) is 38.5 Å². The van der Waals surface area contributed by atoms with E-state index >= 15 is 0 Å². The van der Waals surface area contributed by atoms with Crippen LogP contribution in [0.25, 0.3) is 0 Å². The van der Waals surface area contributed by atoms with E-state index in [0.717, 1.165) is 35.4 Å². The minimum atomic E-state index is 0.470. The zero-order valence-corrected chi connectivity index (χ0v) is 19.5. The number of halogens is 1. The summed E-state index contributed by atoms with van der Waals surface area (Å²) in [7, 11) is 1.68. The Labute approximate surface area is 191 Å². The Morgan fingerprint density at radius 2 is 1.65 bits per heavy atom. The van der Waals surface area contributed by atoms with Gasteiger partial charge in [0.2, 0.25) is 0 Å². The minimum Gasteiger partial charge on any atom is -0.493 e. The van der Waals surface area contributed by atoms with Crippen LogP contribution < -0.4 is 14.8 Å². The van der Waals surface area contributed by atoms with Crippen LogP contribution >= 0.6 is 11.6 Å². The molecule has 166 valence electrons. The quantitative estimate of drug-likeness (QED) is 0.501. The second kappa shape index (κ2) is 8.67. The van der Waals surface area contributed by atoms with Crippen molar-refractivity contribution in [1.29, 1.82) is 0 Å². The van der Waals surface area contributed by atoms with E-state index in [1.807, 2.05) is 36.4 Å². The first kappa shape index (κ1) is 21.2. The van der Waals surface area contributed by atoms with Gasteiger partial charge in [0.15, 0.2) is 11.5 Å². The molecule has 31 heavy (non-hydrogen) atoms. The normalized spacial score (nSPS) is 29.7. The number of benzene rings is 2. The van der Waals surface area contributed by atoms with Crippen molar-refractivity contribution in [1.82, 2.24) is 5.32 Å². The highest BCUT2D eigenvalue weighted by atomic mass is 35.5. The van der Waals surface area contributed by atoms with E-state index in [1.54, 1.807) is 7.11 Å². The van der Waals surface area contributed by atoms with Crippen molar-refractivity contribution >= 4 is 11.6 Å². The summed E-state index contributed by atoms with van der Waals surface area (Å²) >= 11 is 6.62. The predicted molar refractivity (Wildman–Crippen MR) is 126 cm³/mol. The molecule has 0 amide bonds. The fraction of sp³-hybridized carbons (Fsp3) is 0.556. The van der Waals surface area contributed by atoms with Gasteiger partial charge in [-0.3, -0.25) is 0 Å². The van der Waals surface area contributed by atoms with E-state index < -0.39 is 0 Å². The molecule has 4 heteroatoms. The lowest BCUT2D eigenvalue weighted by Crippen LogP contribution is -2.54. The summed E-state index contributed by atoms with van der Waals surface area (Å²) in [6.45, 7) is 3.68. The van der Waals surface area contributed by atoms with Crippen LogP contribution in [-0.2, 0) is 13.2 Å². The maximum atomic E-state index is 6.62. The summed E-state index contributed by atoms with van der Waals surface area (Å²) in [6, 6.07) is 14.7. The average molecular weight is 440 g/mol. The van der Waals surface area contributed by atoms with Gasteiger partial charge < -0.3 is 14.8 Å². The molecule has 0 spiro atoms. The molecule has 0 heterocycles. The maximum absolute atomic E-state index is 6.62. The van der Waals surface area contributed by atoms with Gasteiger partial charge >= 0.3 is 0 Å². The van der Waals surface area contributed by atoms with Gasteiger partial charge in [-0.05, 0) is 91.9 Å². The second-order valence-corrected chi connectivity index (χ2v) is 10.7. The smallest absolute Gasteiger partial charge is 0.180 e. The molecule has 2 aromatic carbocycles. The topological polar surface area (TPSA) is 30.5 Å². The molecule has 3 nitrogen and oxygen atoms in total. The van der Waals surface area contributed by atoms with Crippen LogP contribution in [0.15, 0.2) is 42.5 Å². The largest absolute Gasteiger partial charge is 0.493 e. The van der Waals surface area contributed by atoms with Gasteiger partial charge in [-0.25, -0.2) is 0 Å². The van der Waals surface area contributed by atoms with Crippen molar-refractivity contribution < 1.29 is 9.47 Å². The first-order valence-electron chi connectivity index (χ1n) is 11.8. The van der Waals surface area contributed by atoms with Gasteiger partial charge in [0.1, 0.15) is 6.61 Å². The predicted octanol–water partition coefficient (Wildman–Crippen LogP) is 6.62. The maximum Gasteiger partial charge on any atom is 0.180 e. The molecule has 4 aliphatic carbocycles. The van der Waals surface area contributed by atoms with Crippen molar-refractivity contribution in [3.63, 3.8) is 0 Å². The Kier molecular flexibility index (Phi) is 5.92. The van der Waals surface area contributed by atoms with Crippen molar-refractivity contribution in [2.75, 3.05) is 7.11 Å². The lowest BCUT2D eigenvalue weighted by Gasteiger charge is -2.59. The second-order valence-electron chi connectivity index (χ2n) is 10.3. The molecule has 4 fully saturated rings. The summed E-state index contributed by atoms with van der Waals surface area (Å²) in [5.74, 6) is 4.25. The fourth-order valence-electron chi connectivity index (χ4n) is 6.94. The number of ether oxygens (including phenoxy) is 2. The number of rotatable bonds is 8. The molecule has 0 radical (unpaired) electrons. The number of methoxy groups -OCH3 is 1. The molecule has 0 aromatic heterocycles. The average Bonchev–Trinajstić information content (AvgIpc) is 2.76. The SMILES string of the molecule is COc1cc(CN[C@H](C)C23CC4CC(CC(C4)C2)C3)cc(Cl)c1OCc1ccccc1. The van der Waals surface area contributed by atoms with Crippen LogP contribution in [0.4, 0.5) is 0 Å². The van der Waals surface area contributed by atoms with Crippen molar-refractivity contribution in [3.8, 4) is 11.5 Å². The lowest BCUT2D eigenvalue weighted by atomic mass is 9.48. The first-order valence-corrected chi connectivity index (χ1v) is 12.2. The van der Waals surface area contributed by atoms with Crippen LogP contribution in [0, 0.1) is 23.2 Å². The van der Waals surface area contributed by atoms with Crippen LogP contribution in [0.2, 0.25) is 5.02 Å². The molecular weight excluding hydrogens is 406 g/mol. The van der Waals surface area contributed by atoms with Crippen LogP contribution in [-0.4, -0.2) is 13.2 Å². The van der Waals surface area contributed by atoms with Crippen molar-refractivity contribution in [2.24, 2.45) is 23.2 Å². The minimum absolute atomic E-state index is 0.470. The van der Waals surface area contributed by atoms with E-state index in [9.17, 15) is 0 Å². The third-order valence-corrected chi connectivity index (χ3v) is 8.41. The molecule has 1 N–H and O–H groups in total. The van der Waals surface area contributed by atoms with Crippen molar-refractivity contribution in [3.05, 3.63) is 58.6 Å². The molecule has 2 aromatic rings. The summed E-state index contributed by atoms with van der Waals surface area (Å²) in [5.41, 5.74) is 2.75. The van der Waals surface area contributed by atoms with E-state index in [2.05, 4.69) is 18.3 Å². The number of nitrogens with one attached hydrogen (secondary N) is 1. The van der Waals surface area contributed by atoms with Crippen LogP contribution in [0.3, 0.4) is 0 Å². The van der Waals surface area contributed by atoms with Crippen LogP contribution in [0.1, 0.15) is 56.6 Å². The monoisotopic (exact) mass is 439 g/mol. The molecule has 0 saturated heterocycles. The number of hydrogen-bond donors (Lipinski definition) is 1. The number of hydrogen-bond acceptors (Lipinski definition) is 3. The summed E-state index contributed by atoms with van der Waals surface area (Å²) in [4.78, 5) is 0. The Hall–Kier alpha value is -1.71. The van der Waals surface area contributed by atoms with Gasteiger partial charge in [0.05, 0.1) is 12.1 Å². The fourth-order valence-corrected chi connectivity index (χ4v) is 7.23. The van der Waals surface area contributed by atoms with Gasteiger partial charge in [-0.1, -0.05) is 41.9 Å². The van der Waals surface area contributed by atoms with E-state index in [-0.39, 0.29) is 0 Å². The van der Waals surface area contributed by atoms with Gasteiger partial charge in [0, 0.05) is 12.6 Å². The molecule has 1 atom stereocenters. The van der Waals surface area contributed by atoms with E-state index in [4.69, 9.17) is 21.1 Å².